The quantitative estimate of drug-likeness (QED) is 0.715. The van der Waals surface area contributed by atoms with Crippen molar-refractivity contribution in [2.45, 2.75) is 57.0 Å². The molecule has 1 aromatic rings. The molecule has 1 fully saturated rings. The molecule has 7 heteroatoms. The molecule has 1 unspecified atom stereocenters. The Labute approximate surface area is 134 Å². The maximum absolute atomic E-state index is 12.3. The van der Waals surface area contributed by atoms with Crippen molar-refractivity contribution in [3.63, 3.8) is 0 Å². The van der Waals surface area contributed by atoms with E-state index >= 15 is 0 Å². The lowest BCUT2D eigenvalue weighted by atomic mass is 9.90. The molecular weight excluding hydrogens is 300 g/mol. The van der Waals surface area contributed by atoms with E-state index in [1.807, 2.05) is 0 Å². The summed E-state index contributed by atoms with van der Waals surface area (Å²) >= 11 is 0. The number of carboxylic acids is 1. The molecule has 0 spiro atoms. The number of carbonyl (C=O) groups is 3. The molecule has 1 aromatic heterocycles. The number of carboxylic acid groups (broad SMARTS) is 1. The second-order valence-corrected chi connectivity index (χ2v) is 5.96. The maximum atomic E-state index is 12.3. The Bertz CT molecular complexity index is 559. The lowest BCUT2D eigenvalue weighted by molar-refractivity contribution is -0.148. The molecule has 3 N–H and O–H groups in total. The first-order chi connectivity index (χ1) is 10.9. The van der Waals surface area contributed by atoms with Crippen LogP contribution in [-0.2, 0) is 9.59 Å². The number of carbonyl (C=O) groups excluding carboxylic acids is 2. The SMILES string of the molecule is CC(NC(=O)c1ccco1)C(=O)NC1(C(=O)O)CCCCCC1. The van der Waals surface area contributed by atoms with E-state index in [1.54, 1.807) is 6.07 Å². The van der Waals surface area contributed by atoms with Crippen molar-refractivity contribution in [1.82, 2.24) is 10.6 Å². The number of rotatable bonds is 5. The largest absolute Gasteiger partial charge is 0.480 e. The highest BCUT2D eigenvalue weighted by molar-refractivity contribution is 5.96. The summed E-state index contributed by atoms with van der Waals surface area (Å²) in [5, 5.41) is 14.7. The van der Waals surface area contributed by atoms with Crippen LogP contribution in [0.15, 0.2) is 22.8 Å². The van der Waals surface area contributed by atoms with E-state index in [-0.39, 0.29) is 5.76 Å². The second kappa shape index (κ2) is 7.30. The predicted molar refractivity (Wildman–Crippen MR) is 81.8 cm³/mol. The highest BCUT2D eigenvalue weighted by Crippen LogP contribution is 2.27. The Morgan fingerprint density at radius 2 is 1.87 bits per heavy atom. The van der Waals surface area contributed by atoms with E-state index in [0.717, 1.165) is 25.7 Å². The molecule has 1 aliphatic rings. The van der Waals surface area contributed by atoms with Gasteiger partial charge in [0.05, 0.1) is 6.26 Å². The molecule has 1 atom stereocenters. The monoisotopic (exact) mass is 322 g/mol. The van der Waals surface area contributed by atoms with Gasteiger partial charge in [0.2, 0.25) is 5.91 Å². The minimum atomic E-state index is -1.24. The van der Waals surface area contributed by atoms with E-state index in [2.05, 4.69) is 10.6 Å². The number of hydrogen-bond acceptors (Lipinski definition) is 4. The molecule has 0 bridgehead atoms. The lowest BCUT2D eigenvalue weighted by Crippen LogP contribution is -2.58. The van der Waals surface area contributed by atoms with Crippen molar-refractivity contribution in [1.29, 1.82) is 0 Å². The Kier molecular flexibility index (Phi) is 5.41. The number of aliphatic carboxylic acids is 1. The molecule has 23 heavy (non-hydrogen) atoms. The average molecular weight is 322 g/mol. The van der Waals surface area contributed by atoms with Gasteiger partial charge in [-0.2, -0.15) is 0 Å². The van der Waals surface area contributed by atoms with Gasteiger partial charge in [0.15, 0.2) is 5.76 Å². The highest BCUT2D eigenvalue weighted by atomic mass is 16.4. The average Bonchev–Trinajstić information content (AvgIpc) is 2.94. The van der Waals surface area contributed by atoms with Crippen LogP contribution in [0.5, 0.6) is 0 Å². The minimum absolute atomic E-state index is 0.104. The predicted octanol–water partition coefficient (Wildman–Crippen LogP) is 1.69. The normalized spacial score (nSPS) is 18.5. The van der Waals surface area contributed by atoms with Crippen LogP contribution >= 0.6 is 0 Å². The third-order valence-corrected chi connectivity index (χ3v) is 4.21. The summed E-state index contributed by atoms with van der Waals surface area (Å²) < 4.78 is 4.96. The van der Waals surface area contributed by atoms with Crippen LogP contribution in [-0.4, -0.2) is 34.5 Å². The fraction of sp³-hybridized carbons (Fsp3) is 0.562. The van der Waals surface area contributed by atoms with Gasteiger partial charge in [-0.15, -0.1) is 0 Å². The Morgan fingerprint density at radius 3 is 2.39 bits per heavy atom. The van der Waals surface area contributed by atoms with Crippen LogP contribution in [0.4, 0.5) is 0 Å². The summed E-state index contributed by atoms with van der Waals surface area (Å²) in [6.45, 7) is 1.52. The van der Waals surface area contributed by atoms with Crippen LogP contribution in [0.1, 0.15) is 56.0 Å². The van der Waals surface area contributed by atoms with Crippen molar-refractivity contribution >= 4 is 17.8 Å². The lowest BCUT2D eigenvalue weighted by Gasteiger charge is -2.30. The van der Waals surface area contributed by atoms with Crippen LogP contribution < -0.4 is 10.6 Å². The molecule has 0 aliphatic heterocycles. The van der Waals surface area contributed by atoms with Gasteiger partial charge in [-0.3, -0.25) is 9.59 Å². The Hall–Kier alpha value is -2.31. The van der Waals surface area contributed by atoms with Gasteiger partial charge >= 0.3 is 5.97 Å². The molecule has 7 nitrogen and oxygen atoms in total. The zero-order valence-corrected chi connectivity index (χ0v) is 13.1. The van der Waals surface area contributed by atoms with Crippen molar-refractivity contribution in [2.24, 2.45) is 0 Å². The topological polar surface area (TPSA) is 109 Å². The highest BCUT2D eigenvalue weighted by Gasteiger charge is 2.40. The van der Waals surface area contributed by atoms with Gasteiger partial charge in [-0.1, -0.05) is 25.7 Å². The molecule has 0 radical (unpaired) electrons. The first-order valence-corrected chi connectivity index (χ1v) is 7.84. The van der Waals surface area contributed by atoms with Gasteiger partial charge in [-0.25, -0.2) is 4.79 Å². The van der Waals surface area contributed by atoms with E-state index in [1.165, 1.54) is 19.3 Å². The molecule has 2 rings (SSSR count). The number of furan rings is 1. The van der Waals surface area contributed by atoms with Crippen LogP contribution in [0.25, 0.3) is 0 Å². The molecule has 0 aromatic carbocycles. The zero-order chi connectivity index (χ0) is 16.9. The molecule has 0 saturated heterocycles. The number of nitrogens with one attached hydrogen (secondary N) is 2. The van der Waals surface area contributed by atoms with Gasteiger partial charge in [0, 0.05) is 0 Å². The van der Waals surface area contributed by atoms with E-state index in [4.69, 9.17) is 4.42 Å². The summed E-state index contributed by atoms with van der Waals surface area (Å²) in [7, 11) is 0. The summed E-state index contributed by atoms with van der Waals surface area (Å²) in [5.41, 5.74) is -1.24. The molecule has 1 heterocycles. The maximum Gasteiger partial charge on any atom is 0.329 e. The zero-order valence-electron chi connectivity index (χ0n) is 13.1. The van der Waals surface area contributed by atoms with E-state index in [9.17, 15) is 19.5 Å². The minimum Gasteiger partial charge on any atom is -0.480 e. The third-order valence-electron chi connectivity index (χ3n) is 4.21. The number of hydrogen-bond donors (Lipinski definition) is 3. The van der Waals surface area contributed by atoms with Gasteiger partial charge in [-0.05, 0) is 31.9 Å². The van der Waals surface area contributed by atoms with Gasteiger partial charge in [0.25, 0.3) is 5.91 Å². The smallest absolute Gasteiger partial charge is 0.329 e. The van der Waals surface area contributed by atoms with Crippen molar-refractivity contribution in [3.05, 3.63) is 24.2 Å². The summed E-state index contributed by atoms with van der Waals surface area (Å²) in [5.74, 6) is -1.93. The first-order valence-electron chi connectivity index (χ1n) is 7.84. The summed E-state index contributed by atoms with van der Waals surface area (Å²) in [6.07, 6.45) is 5.65. The Balaban J connectivity index is 2.00. The second-order valence-electron chi connectivity index (χ2n) is 5.96. The molecule has 1 saturated carbocycles. The van der Waals surface area contributed by atoms with Crippen LogP contribution in [0.2, 0.25) is 0 Å². The first kappa shape index (κ1) is 17.1. The van der Waals surface area contributed by atoms with Gasteiger partial charge in [0.1, 0.15) is 11.6 Å². The molecule has 2 amide bonds. The van der Waals surface area contributed by atoms with E-state index in [0.29, 0.717) is 12.8 Å². The molecular formula is C16H22N2O5. The van der Waals surface area contributed by atoms with Crippen molar-refractivity contribution in [3.8, 4) is 0 Å². The van der Waals surface area contributed by atoms with Crippen molar-refractivity contribution in [2.75, 3.05) is 0 Å². The van der Waals surface area contributed by atoms with Gasteiger partial charge < -0.3 is 20.2 Å². The van der Waals surface area contributed by atoms with Crippen molar-refractivity contribution < 1.29 is 23.9 Å². The number of amides is 2. The molecule has 1 aliphatic carbocycles. The van der Waals surface area contributed by atoms with Crippen LogP contribution in [0, 0.1) is 0 Å². The fourth-order valence-electron chi connectivity index (χ4n) is 2.81. The summed E-state index contributed by atoms with van der Waals surface area (Å²) in [6, 6.07) is 2.21. The standard InChI is InChI=1S/C16H22N2O5/c1-11(17-14(20)12-7-6-10-23-12)13(19)18-16(15(21)22)8-4-2-3-5-9-16/h6-7,10-11H,2-5,8-9H2,1H3,(H,17,20)(H,18,19)(H,21,22). The van der Waals surface area contributed by atoms with E-state index < -0.39 is 29.4 Å². The van der Waals surface area contributed by atoms with Crippen LogP contribution in [0.3, 0.4) is 0 Å². The molecule has 126 valence electrons. The fourth-order valence-corrected chi connectivity index (χ4v) is 2.81. The third kappa shape index (κ3) is 4.12. The summed E-state index contributed by atoms with van der Waals surface area (Å²) in [4.78, 5) is 35.9. The Morgan fingerprint density at radius 1 is 1.22 bits per heavy atom.